The molecule has 5 nitrogen and oxygen atoms in total. The van der Waals surface area contributed by atoms with Crippen molar-refractivity contribution in [3.05, 3.63) is 29.8 Å². The number of hydrogen-bond donors (Lipinski definition) is 2. The lowest BCUT2D eigenvalue weighted by molar-refractivity contribution is -0.142. The number of carboxylic acids is 1. The molecule has 138 valence electrons. The van der Waals surface area contributed by atoms with Gasteiger partial charge in [0.1, 0.15) is 5.75 Å². The zero-order valence-electron chi connectivity index (χ0n) is 15.4. The minimum absolute atomic E-state index is 0.0127. The molecule has 0 spiro atoms. The Bertz CT molecular complexity index is 607. The van der Waals surface area contributed by atoms with Crippen molar-refractivity contribution in [1.82, 2.24) is 5.32 Å². The van der Waals surface area contributed by atoms with E-state index < -0.39 is 11.9 Å². The minimum atomic E-state index is -0.905. The van der Waals surface area contributed by atoms with Crippen molar-refractivity contribution in [1.29, 1.82) is 0 Å². The molecule has 2 N–H and O–H groups in total. The SMILES string of the molecule is COc1ccccc1CC(CNC(=O)C1(CC(C)C)CCC1)C(=O)O. The van der Waals surface area contributed by atoms with Gasteiger partial charge in [-0.3, -0.25) is 9.59 Å². The van der Waals surface area contributed by atoms with Crippen LogP contribution in [0.2, 0.25) is 0 Å². The van der Waals surface area contributed by atoms with Gasteiger partial charge in [0.15, 0.2) is 0 Å². The Morgan fingerprint density at radius 2 is 1.96 bits per heavy atom. The molecule has 0 aliphatic heterocycles. The Balaban J connectivity index is 2.00. The number of rotatable bonds is 9. The zero-order chi connectivity index (χ0) is 18.4. The third-order valence-electron chi connectivity index (χ3n) is 5.11. The van der Waals surface area contributed by atoms with Gasteiger partial charge in [-0.2, -0.15) is 0 Å². The number of carbonyl (C=O) groups is 2. The second-order valence-electron chi connectivity index (χ2n) is 7.49. The maximum absolute atomic E-state index is 12.7. The van der Waals surface area contributed by atoms with Crippen LogP contribution in [-0.4, -0.2) is 30.6 Å². The standard InChI is InChI=1S/C20H29NO4/c1-14(2)12-20(9-6-10-20)19(24)21-13-16(18(22)23)11-15-7-4-5-8-17(15)25-3/h4-5,7-8,14,16H,6,9-13H2,1-3H3,(H,21,24)(H,22,23). The van der Waals surface area contributed by atoms with Gasteiger partial charge in [0.25, 0.3) is 0 Å². The Morgan fingerprint density at radius 3 is 2.48 bits per heavy atom. The van der Waals surface area contributed by atoms with Crippen molar-refractivity contribution < 1.29 is 19.4 Å². The Labute approximate surface area is 149 Å². The molecule has 1 aromatic carbocycles. The average Bonchev–Trinajstić information content (AvgIpc) is 2.54. The summed E-state index contributed by atoms with van der Waals surface area (Å²) in [6.07, 6.45) is 4.08. The van der Waals surface area contributed by atoms with E-state index in [1.54, 1.807) is 7.11 Å². The second-order valence-corrected chi connectivity index (χ2v) is 7.49. The summed E-state index contributed by atoms with van der Waals surface area (Å²) < 4.78 is 5.30. The number of aliphatic carboxylic acids is 1. The first kappa shape index (κ1) is 19.3. The summed E-state index contributed by atoms with van der Waals surface area (Å²) in [6.45, 7) is 4.39. The Hall–Kier alpha value is -2.04. The van der Waals surface area contributed by atoms with Crippen LogP contribution in [0.4, 0.5) is 0 Å². The van der Waals surface area contributed by atoms with Crippen LogP contribution in [0.1, 0.15) is 45.1 Å². The van der Waals surface area contributed by atoms with Gasteiger partial charge in [-0.15, -0.1) is 0 Å². The molecule has 1 saturated carbocycles. The van der Waals surface area contributed by atoms with Gasteiger partial charge < -0.3 is 15.2 Å². The highest BCUT2D eigenvalue weighted by Crippen LogP contribution is 2.46. The largest absolute Gasteiger partial charge is 0.496 e. The van der Waals surface area contributed by atoms with E-state index in [0.717, 1.165) is 31.2 Å². The predicted octanol–water partition coefficient (Wildman–Crippen LogP) is 3.27. The van der Waals surface area contributed by atoms with Gasteiger partial charge in [0.05, 0.1) is 13.0 Å². The van der Waals surface area contributed by atoms with Gasteiger partial charge in [0, 0.05) is 12.0 Å². The number of benzene rings is 1. The van der Waals surface area contributed by atoms with Crippen LogP contribution in [0.5, 0.6) is 5.75 Å². The number of hydrogen-bond acceptors (Lipinski definition) is 3. The van der Waals surface area contributed by atoms with Crippen LogP contribution in [0, 0.1) is 17.3 Å². The molecule has 2 rings (SSSR count). The first-order chi connectivity index (χ1) is 11.9. The molecule has 1 amide bonds. The molecular weight excluding hydrogens is 318 g/mol. The van der Waals surface area contributed by atoms with Gasteiger partial charge >= 0.3 is 5.97 Å². The van der Waals surface area contributed by atoms with E-state index in [1.165, 1.54) is 0 Å². The fraction of sp³-hybridized carbons (Fsp3) is 0.600. The number of carboxylic acid groups (broad SMARTS) is 1. The molecule has 1 atom stereocenters. The zero-order valence-corrected chi connectivity index (χ0v) is 15.4. The summed E-state index contributed by atoms with van der Waals surface area (Å²) in [5.74, 6) is -0.432. The van der Waals surface area contributed by atoms with Crippen molar-refractivity contribution in [3.63, 3.8) is 0 Å². The Morgan fingerprint density at radius 1 is 1.28 bits per heavy atom. The minimum Gasteiger partial charge on any atom is -0.496 e. The normalized spacial score (nSPS) is 16.8. The summed E-state index contributed by atoms with van der Waals surface area (Å²) in [4.78, 5) is 24.3. The molecule has 5 heteroatoms. The summed E-state index contributed by atoms with van der Waals surface area (Å²) in [7, 11) is 1.57. The maximum atomic E-state index is 12.7. The summed E-state index contributed by atoms with van der Waals surface area (Å²) in [6, 6.07) is 7.40. The average molecular weight is 347 g/mol. The van der Waals surface area contributed by atoms with Crippen LogP contribution < -0.4 is 10.1 Å². The topological polar surface area (TPSA) is 75.6 Å². The van der Waals surface area contributed by atoms with Gasteiger partial charge in [-0.1, -0.05) is 38.5 Å². The van der Waals surface area contributed by atoms with Crippen LogP contribution in [-0.2, 0) is 16.0 Å². The molecule has 0 radical (unpaired) electrons. The molecule has 1 aromatic rings. The van der Waals surface area contributed by atoms with Gasteiger partial charge in [-0.25, -0.2) is 0 Å². The first-order valence-electron chi connectivity index (χ1n) is 9.01. The molecule has 0 aromatic heterocycles. The lowest BCUT2D eigenvalue weighted by Gasteiger charge is -2.41. The molecule has 0 bridgehead atoms. The number of amides is 1. The van der Waals surface area contributed by atoms with Crippen LogP contribution in [0.3, 0.4) is 0 Å². The maximum Gasteiger partial charge on any atom is 0.308 e. The van der Waals surface area contributed by atoms with Crippen molar-refractivity contribution >= 4 is 11.9 Å². The fourth-order valence-corrected chi connectivity index (χ4v) is 3.70. The fourth-order valence-electron chi connectivity index (χ4n) is 3.70. The van der Waals surface area contributed by atoms with Crippen LogP contribution in [0.25, 0.3) is 0 Å². The highest BCUT2D eigenvalue weighted by atomic mass is 16.5. The summed E-state index contributed by atoms with van der Waals surface area (Å²) >= 11 is 0. The Kier molecular flexibility index (Phi) is 6.45. The quantitative estimate of drug-likeness (QED) is 0.719. The first-order valence-corrected chi connectivity index (χ1v) is 9.01. The number of carbonyl (C=O) groups excluding carboxylic acids is 1. The molecule has 0 heterocycles. The number of methoxy groups -OCH3 is 1. The lowest BCUT2D eigenvalue weighted by atomic mass is 9.64. The number of ether oxygens (including phenoxy) is 1. The predicted molar refractivity (Wildman–Crippen MR) is 96.6 cm³/mol. The van der Waals surface area contributed by atoms with Gasteiger partial charge in [-0.05, 0) is 43.2 Å². The van der Waals surface area contributed by atoms with Crippen molar-refractivity contribution in [2.75, 3.05) is 13.7 Å². The molecule has 1 fully saturated rings. The molecule has 25 heavy (non-hydrogen) atoms. The summed E-state index contributed by atoms with van der Waals surface area (Å²) in [5, 5.41) is 12.4. The van der Waals surface area contributed by atoms with E-state index in [2.05, 4.69) is 19.2 Å². The number of nitrogens with one attached hydrogen (secondary N) is 1. The number of para-hydroxylation sites is 1. The smallest absolute Gasteiger partial charge is 0.308 e. The van der Waals surface area contributed by atoms with Crippen LogP contribution >= 0.6 is 0 Å². The second kappa shape index (κ2) is 8.37. The van der Waals surface area contributed by atoms with E-state index in [-0.39, 0.29) is 17.9 Å². The lowest BCUT2D eigenvalue weighted by Crippen LogP contribution is -2.48. The van der Waals surface area contributed by atoms with E-state index in [9.17, 15) is 14.7 Å². The summed E-state index contributed by atoms with van der Waals surface area (Å²) in [5.41, 5.74) is 0.550. The van der Waals surface area contributed by atoms with Gasteiger partial charge in [0.2, 0.25) is 5.91 Å². The molecule has 1 aliphatic carbocycles. The molecule has 0 saturated heterocycles. The van der Waals surface area contributed by atoms with Crippen molar-refractivity contribution in [2.24, 2.45) is 17.3 Å². The van der Waals surface area contributed by atoms with E-state index in [1.807, 2.05) is 24.3 Å². The molecule has 1 unspecified atom stereocenters. The molecule has 1 aliphatic rings. The van der Waals surface area contributed by atoms with E-state index >= 15 is 0 Å². The van der Waals surface area contributed by atoms with E-state index in [4.69, 9.17) is 4.74 Å². The van der Waals surface area contributed by atoms with E-state index in [0.29, 0.717) is 18.1 Å². The van der Waals surface area contributed by atoms with Crippen molar-refractivity contribution in [3.8, 4) is 5.75 Å². The van der Waals surface area contributed by atoms with Crippen LogP contribution in [0.15, 0.2) is 24.3 Å². The van der Waals surface area contributed by atoms with Crippen molar-refractivity contribution in [2.45, 2.75) is 46.0 Å². The highest BCUT2D eigenvalue weighted by Gasteiger charge is 2.44. The third-order valence-corrected chi connectivity index (χ3v) is 5.11. The third kappa shape index (κ3) is 4.74. The highest BCUT2D eigenvalue weighted by molar-refractivity contribution is 5.84. The molecular formula is C20H29NO4. The monoisotopic (exact) mass is 347 g/mol.